The molecule has 2 aromatic rings. The van der Waals surface area contributed by atoms with Gasteiger partial charge >= 0.3 is 0 Å². The Kier molecular flexibility index (Phi) is 8.49. The van der Waals surface area contributed by atoms with Crippen LogP contribution in [0.1, 0.15) is 48.3 Å². The molecule has 0 unspecified atom stereocenters. The van der Waals surface area contributed by atoms with Gasteiger partial charge in [0, 0.05) is 26.1 Å². The van der Waals surface area contributed by atoms with Crippen molar-refractivity contribution in [3.05, 3.63) is 35.4 Å². The van der Waals surface area contributed by atoms with Gasteiger partial charge in [0.25, 0.3) is 5.91 Å². The van der Waals surface area contributed by atoms with E-state index in [0.29, 0.717) is 55.6 Å². The number of aromatic nitrogens is 3. The van der Waals surface area contributed by atoms with Crippen molar-refractivity contribution in [3.63, 3.8) is 0 Å². The molecule has 0 saturated heterocycles. The third-order valence-electron chi connectivity index (χ3n) is 5.80. The predicted octanol–water partition coefficient (Wildman–Crippen LogP) is 1.76. The second kappa shape index (κ2) is 11.3. The van der Waals surface area contributed by atoms with Crippen LogP contribution in [0.15, 0.2) is 18.2 Å². The normalized spacial score (nSPS) is 14.5. The first-order chi connectivity index (χ1) is 16.2. The highest BCUT2D eigenvalue weighted by atomic mass is 16.5. The summed E-state index contributed by atoms with van der Waals surface area (Å²) in [7, 11) is 6.81. The van der Waals surface area contributed by atoms with Crippen molar-refractivity contribution in [1.29, 1.82) is 0 Å². The van der Waals surface area contributed by atoms with E-state index in [4.69, 9.17) is 9.47 Å². The third-order valence-corrected chi connectivity index (χ3v) is 5.80. The second-order valence-corrected chi connectivity index (χ2v) is 9.19. The number of methoxy groups -OCH3 is 2. The summed E-state index contributed by atoms with van der Waals surface area (Å²) in [6.45, 7) is 6.06. The minimum Gasteiger partial charge on any atom is -0.496 e. The van der Waals surface area contributed by atoms with Crippen LogP contribution in [0.25, 0.3) is 0 Å². The molecule has 1 aliphatic heterocycles. The quantitative estimate of drug-likeness (QED) is 0.593. The molecule has 3 rings (SSSR count). The van der Waals surface area contributed by atoms with Gasteiger partial charge in [0.15, 0.2) is 5.82 Å². The minimum absolute atomic E-state index is 0.0540. The van der Waals surface area contributed by atoms with Gasteiger partial charge in [-0.05, 0) is 38.6 Å². The second-order valence-electron chi connectivity index (χ2n) is 9.19. The molecule has 10 nitrogen and oxygen atoms in total. The molecule has 0 bridgehead atoms. The first kappa shape index (κ1) is 25.5. The standard InChI is InChI=1S/C24H36N6O4/c1-16(2)14-17(25-21(31)15-28(3)4)23-27-26-20-10-11-29(12-13-30(20)23)24(32)22-18(33-5)8-7-9-19(22)34-6/h7-9,16-17H,10-15H2,1-6H3,(H,25,31)/t17-/m1/s1. The Hall–Kier alpha value is -3.14. The van der Waals surface area contributed by atoms with E-state index in [1.807, 2.05) is 19.0 Å². The molecule has 34 heavy (non-hydrogen) atoms. The van der Waals surface area contributed by atoms with Crippen LogP contribution in [-0.4, -0.2) is 84.3 Å². The lowest BCUT2D eigenvalue weighted by atomic mass is 10.0. The number of carbonyl (C=O) groups is 2. The van der Waals surface area contributed by atoms with E-state index >= 15 is 0 Å². The molecule has 1 atom stereocenters. The molecule has 1 N–H and O–H groups in total. The fourth-order valence-electron chi connectivity index (χ4n) is 4.25. The molecule has 0 aliphatic carbocycles. The molecule has 0 spiro atoms. The molecule has 1 aliphatic rings. The molecular formula is C24H36N6O4. The zero-order valence-electron chi connectivity index (χ0n) is 21.0. The molecule has 0 fully saturated rings. The van der Waals surface area contributed by atoms with Crippen LogP contribution in [0.2, 0.25) is 0 Å². The summed E-state index contributed by atoms with van der Waals surface area (Å²) in [5.74, 6) is 2.67. The molecule has 0 radical (unpaired) electrons. The largest absolute Gasteiger partial charge is 0.496 e. The maximum Gasteiger partial charge on any atom is 0.261 e. The number of ether oxygens (including phenoxy) is 2. The highest BCUT2D eigenvalue weighted by Crippen LogP contribution is 2.30. The topological polar surface area (TPSA) is 102 Å². The Labute approximate surface area is 201 Å². The zero-order valence-corrected chi connectivity index (χ0v) is 21.0. The lowest BCUT2D eigenvalue weighted by molar-refractivity contribution is -0.122. The van der Waals surface area contributed by atoms with Gasteiger partial charge in [-0.1, -0.05) is 19.9 Å². The SMILES string of the molecule is COc1cccc(OC)c1C(=O)N1CCc2nnc([C@@H](CC(C)C)NC(=O)CN(C)C)n2CC1. The molecule has 10 heteroatoms. The van der Waals surface area contributed by atoms with Gasteiger partial charge in [0.05, 0.1) is 26.8 Å². The Bertz CT molecular complexity index is 981. The maximum absolute atomic E-state index is 13.5. The number of nitrogens with one attached hydrogen (secondary N) is 1. The maximum atomic E-state index is 13.5. The van der Waals surface area contributed by atoms with Gasteiger partial charge in [0.1, 0.15) is 22.9 Å². The average Bonchev–Trinajstić information content (AvgIpc) is 3.07. The van der Waals surface area contributed by atoms with E-state index in [1.54, 1.807) is 37.3 Å². The van der Waals surface area contributed by atoms with E-state index in [-0.39, 0.29) is 17.9 Å². The summed E-state index contributed by atoms with van der Waals surface area (Å²) in [6.07, 6.45) is 1.31. The lowest BCUT2D eigenvalue weighted by Crippen LogP contribution is -2.38. The number of benzene rings is 1. The Morgan fingerprint density at radius 3 is 2.35 bits per heavy atom. The summed E-state index contributed by atoms with van der Waals surface area (Å²) in [4.78, 5) is 29.6. The van der Waals surface area contributed by atoms with E-state index in [2.05, 4.69) is 33.9 Å². The van der Waals surface area contributed by atoms with Gasteiger partial charge in [-0.3, -0.25) is 9.59 Å². The van der Waals surface area contributed by atoms with E-state index in [0.717, 1.165) is 18.1 Å². The lowest BCUT2D eigenvalue weighted by Gasteiger charge is -2.24. The van der Waals surface area contributed by atoms with Crippen molar-refractivity contribution in [2.75, 3.05) is 47.9 Å². The Morgan fingerprint density at radius 1 is 1.09 bits per heavy atom. The van der Waals surface area contributed by atoms with E-state index in [1.165, 1.54) is 0 Å². The first-order valence-corrected chi connectivity index (χ1v) is 11.6. The van der Waals surface area contributed by atoms with Crippen LogP contribution in [0.4, 0.5) is 0 Å². The van der Waals surface area contributed by atoms with Crippen molar-refractivity contribution in [2.45, 2.75) is 39.3 Å². The van der Waals surface area contributed by atoms with Crippen LogP contribution < -0.4 is 14.8 Å². The first-order valence-electron chi connectivity index (χ1n) is 11.6. The van der Waals surface area contributed by atoms with Crippen molar-refractivity contribution >= 4 is 11.8 Å². The van der Waals surface area contributed by atoms with Crippen LogP contribution >= 0.6 is 0 Å². The zero-order chi connectivity index (χ0) is 24.8. The number of carbonyl (C=O) groups excluding carboxylic acids is 2. The van der Waals surface area contributed by atoms with Crippen molar-refractivity contribution < 1.29 is 19.1 Å². The summed E-state index contributed by atoms with van der Waals surface area (Å²) in [5.41, 5.74) is 0.416. The van der Waals surface area contributed by atoms with E-state index in [9.17, 15) is 9.59 Å². The highest BCUT2D eigenvalue weighted by molar-refractivity contribution is 5.99. The molecule has 186 valence electrons. The van der Waals surface area contributed by atoms with Crippen LogP contribution in [0.5, 0.6) is 11.5 Å². The smallest absolute Gasteiger partial charge is 0.261 e. The molecule has 2 amide bonds. The number of amides is 2. The van der Waals surface area contributed by atoms with Gasteiger partial charge < -0.3 is 29.2 Å². The fourth-order valence-corrected chi connectivity index (χ4v) is 4.25. The molecule has 2 heterocycles. The number of hydrogen-bond acceptors (Lipinski definition) is 7. The monoisotopic (exact) mass is 472 g/mol. The Morgan fingerprint density at radius 2 is 1.76 bits per heavy atom. The number of hydrogen-bond donors (Lipinski definition) is 1. The summed E-state index contributed by atoms with van der Waals surface area (Å²) >= 11 is 0. The number of likely N-dealkylation sites (N-methyl/N-ethyl adjacent to an activating group) is 1. The Balaban J connectivity index is 1.82. The molecule has 1 aromatic heterocycles. The number of nitrogens with zero attached hydrogens (tertiary/aromatic N) is 5. The summed E-state index contributed by atoms with van der Waals surface area (Å²) in [5, 5.41) is 12.0. The molecular weight excluding hydrogens is 436 g/mol. The summed E-state index contributed by atoms with van der Waals surface area (Å²) < 4.78 is 12.9. The van der Waals surface area contributed by atoms with E-state index < -0.39 is 0 Å². The third kappa shape index (κ3) is 5.85. The molecule has 0 saturated carbocycles. The summed E-state index contributed by atoms with van der Waals surface area (Å²) in [6, 6.07) is 5.07. The van der Waals surface area contributed by atoms with Gasteiger partial charge in [-0.2, -0.15) is 0 Å². The van der Waals surface area contributed by atoms with Crippen LogP contribution in [0, 0.1) is 5.92 Å². The minimum atomic E-state index is -0.245. The van der Waals surface area contributed by atoms with Crippen LogP contribution in [-0.2, 0) is 17.8 Å². The van der Waals surface area contributed by atoms with Crippen molar-refractivity contribution in [1.82, 2.24) is 29.9 Å². The van der Waals surface area contributed by atoms with Gasteiger partial charge in [-0.15, -0.1) is 10.2 Å². The highest BCUT2D eigenvalue weighted by Gasteiger charge is 2.29. The number of fused-ring (bicyclic) bond motifs is 1. The predicted molar refractivity (Wildman–Crippen MR) is 128 cm³/mol. The number of rotatable bonds is 9. The van der Waals surface area contributed by atoms with Gasteiger partial charge in [0.2, 0.25) is 5.91 Å². The molecule has 1 aromatic carbocycles. The van der Waals surface area contributed by atoms with Crippen LogP contribution in [0.3, 0.4) is 0 Å². The van der Waals surface area contributed by atoms with Crippen molar-refractivity contribution in [2.24, 2.45) is 5.92 Å². The van der Waals surface area contributed by atoms with Gasteiger partial charge in [-0.25, -0.2) is 0 Å². The average molecular weight is 473 g/mol. The van der Waals surface area contributed by atoms with Crippen molar-refractivity contribution in [3.8, 4) is 11.5 Å². The fraction of sp³-hybridized carbons (Fsp3) is 0.583.